The summed E-state index contributed by atoms with van der Waals surface area (Å²) in [7, 11) is 0. The van der Waals surface area contributed by atoms with Gasteiger partial charge in [0.1, 0.15) is 11.1 Å². The molecule has 0 saturated carbocycles. The maximum Gasteiger partial charge on any atom is 0.308 e. The Morgan fingerprint density at radius 1 is 1.19 bits per heavy atom. The molecule has 1 aliphatic rings. The van der Waals surface area contributed by atoms with Crippen molar-refractivity contribution in [2.45, 2.75) is 64.7 Å². The van der Waals surface area contributed by atoms with Gasteiger partial charge in [0.05, 0.1) is 5.75 Å². The maximum absolute atomic E-state index is 12.3. The van der Waals surface area contributed by atoms with E-state index in [1.165, 1.54) is 6.92 Å². The first-order valence-corrected chi connectivity index (χ1v) is 11.4. The summed E-state index contributed by atoms with van der Waals surface area (Å²) in [5.41, 5.74) is 2.69. The van der Waals surface area contributed by atoms with Gasteiger partial charge in [0.2, 0.25) is 5.91 Å². The molecule has 0 aromatic heterocycles. The Hall–Kier alpha value is -1.01. The lowest BCUT2D eigenvalue weighted by Crippen LogP contribution is -2.30. The number of hydrogen-bond acceptors (Lipinski definition) is 4. The lowest BCUT2D eigenvalue weighted by molar-refractivity contribution is -0.132. The van der Waals surface area contributed by atoms with Crippen molar-refractivity contribution in [2.75, 3.05) is 17.6 Å². The van der Waals surface area contributed by atoms with Crippen LogP contribution in [0.3, 0.4) is 0 Å². The smallest absolute Gasteiger partial charge is 0.308 e. The van der Waals surface area contributed by atoms with E-state index in [0.717, 1.165) is 22.0 Å². The Balaban J connectivity index is 2.70. The van der Waals surface area contributed by atoms with Crippen LogP contribution in [0.15, 0.2) is 12.1 Å². The topological polar surface area (TPSA) is 46.6 Å². The van der Waals surface area contributed by atoms with Crippen molar-refractivity contribution in [3.63, 3.8) is 0 Å². The summed E-state index contributed by atoms with van der Waals surface area (Å²) in [6.45, 7) is 14.8. The van der Waals surface area contributed by atoms with Gasteiger partial charge in [-0.25, -0.2) is 0 Å². The highest BCUT2D eigenvalue weighted by Gasteiger charge is 2.36. The average Bonchev–Trinajstić information content (AvgIpc) is 2.86. The van der Waals surface area contributed by atoms with Crippen LogP contribution in [-0.2, 0) is 20.4 Å². The summed E-state index contributed by atoms with van der Waals surface area (Å²) in [6.07, 6.45) is 0. The lowest BCUT2D eigenvalue weighted by atomic mass is 9.78. The predicted molar refractivity (Wildman–Crippen MR) is 116 cm³/mol. The molecular formula is C21H30BrNO3S. The number of halogens is 1. The number of carbonyl (C=O) groups excluding carboxylic acids is 2. The zero-order valence-corrected chi connectivity index (χ0v) is 19.7. The van der Waals surface area contributed by atoms with E-state index in [-0.39, 0.29) is 28.1 Å². The van der Waals surface area contributed by atoms with E-state index < -0.39 is 0 Å². The quantitative estimate of drug-likeness (QED) is 0.356. The monoisotopic (exact) mass is 455 g/mol. The second-order valence-corrected chi connectivity index (χ2v) is 10.8. The molecule has 0 bridgehead atoms. The third kappa shape index (κ3) is 5.08. The molecule has 1 amide bonds. The summed E-state index contributed by atoms with van der Waals surface area (Å²) in [5, 5.41) is 0.739. The molecule has 0 radical (unpaired) electrons. The van der Waals surface area contributed by atoms with Gasteiger partial charge in [0.15, 0.2) is 0 Å². The van der Waals surface area contributed by atoms with Crippen LogP contribution in [0.2, 0.25) is 0 Å². The Kier molecular flexibility index (Phi) is 6.73. The molecule has 4 nitrogen and oxygen atoms in total. The largest absolute Gasteiger partial charge is 0.426 e. The predicted octanol–water partition coefficient (Wildman–Crippen LogP) is 5.18. The number of nitrogens with zero attached hydrogens (tertiary/aromatic N) is 1. The SMILES string of the molecule is CC(=O)Oc1c(C(C)(C)C)cc(C2SCC(=O)N2CCBr)cc1C(C)(C)C. The van der Waals surface area contributed by atoms with E-state index in [1.54, 1.807) is 11.8 Å². The highest BCUT2D eigenvalue weighted by Crippen LogP contribution is 2.46. The number of alkyl halides is 1. The summed E-state index contributed by atoms with van der Waals surface area (Å²) >= 11 is 5.12. The van der Waals surface area contributed by atoms with Crippen molar-refractivity contribution < 1.29 is 14.3 Å². The second-order valence-electron chi connectivity index (χ2n) is 8.98. The molecule has 1 heterocycles. The second kappa shape index (κ2) is 8.16. The Labute approximate surface area is 175 Å². The number of rotatable bonds is 4. The molecule has 27 heavy (non-hydrogen) atoms. The molecule has 6 heteroatoms. The molecule has 1 fully saturated rings. The van der Waals surface area contributed by atoms with Gasteiger partial charge in [-0.05, 0) is 28.5 Å². The van der Waals surface area contributed by atoms with Crippen LogP contribution in [0.5, 0.6) is 5.75 Å². The fourth-order valence-electron chi connectivity index (χ4n) is 3.22. The van der Waals surface area contributed by atoms with Gasteiger partial charge >= 0.3 is 5.97 Å². The van der Waals surface area contributed by atoms with Crippen LogP contribution in [0, 0.1) is 0 Å². The van der Waals surface area contributed by atoms with Crippen LogP contribution >= 0.6 is 27.7 Å². The van der Waals surface area contributed by atoms with Crippen LogP contribution in [0.25, 0.3) is 0 Å². The first-order valence-electron chi connectivity index (χ1n) is 9.20. The number of amides is 1. The minimum Gasteiger partial charge on any atom is -0.426 e. The molecule has 1 atom stereocenters. The fraction of sp³-hybridized carbons (Fsp3) is 0.619. The number of carbonyl (C=O) groups is 2. The maximum atomic E-state index is 12.3. The molecule has 150 valence electrons. The summed E-state index contributed by atoms with van der Waals surface area (Å²) in [5.74, 6) is 1.01. The number of thioether (sulfide) groups is 1. The zero-order chi connectivity index (χ0) is 20.6. The lowest BCUT2D eigenvalue weighted by Gasteiger charge is -2.32. The minimum absolute atomic E-state index is 0.0105. The highest BCUT2D eigenvalue weighted by atomic mass is 79.9. The van der Waals surface area contributed by atoms with E-state index in [0.29, 0.717) is 18.0 Å². The standard InChI is InChI=1S/C21H30BrNO3S/c1-13(24)26-18-15(20(2,3)4)10-14(11-16(18)21(5,6)7)19-23(9-8-22)17(25)12-27-19/h10-11,19H,8-9,12H2,1-7H3. The normalized spacial score (nSPS) is 18.1. The number of esters is 1. The molecule has 1 aromatic carbocycles. The van der Waals surface area contributed by atoms with Crippen molar-refractivity contribution >= 4 is 39.6 Å². The summed E-state index contributed by atoms with van der Waals surface area (Å²) in [4.78, 5) is 26.1. The van der Waals surface area contributed by atoms with Gasteiger partial charge in [-0.15, -0.1) is 11.8 Å². The first-order chi connectivity index (χ1) is 12.4. The van der Waals surface area contributed by atoms with Gasteiger partial charge in [0.25, 0.3) is 0 Å². The third-order valence-corrected chi connectivity index (χ3v) is 6.16. The van der Waals surface area contributed by atoms with E-state index in [4.69, 9.17) is 4.74 Å². The molecule has 1 unspecified atom stereocenters. The van der Waals surface area contributed by atoms with E-state index in [2.05, 4.69) is 69.6 Å². The molecule has 1 saturated heterocycles. The van der Waals surface area contributed by atoms with Crippen molar-refractivity contribution in [3.05, 3.63) is 28.8 Å². The highest BCUT2D eigenvalue weighted by molar-refractivity contribution is 9.09. The van der Waals surface area contributed by atoms with Crippen LogP contribution in [-0.4, -0.2) is 34.4 Å². The third-order valence-electron chi connectivity index (χ3n) is 4.55. The summed E-state index contributed by atoms with van der Waals surface area (Å²) < 4.78 is 5.71. The number of ether oxygens (including phenoxy) is 1. The van der Waals surface area contributed by atoms with E-state index in [9.17, 15) is 9.59 Å². The first kappa shape index (κ1) is 22.3. The average molecular weight is 456 g/mol. The fourth-order valence-corrected chi connectivity index (χ4v) is 4.80. The molecule has 0 spiro atoms. The van der Waals surface area contributed by atoms with E-state index >= 15 is 0 Å². The van der Waals surface area contributed by atoms with Crippen LogP contribution < -0.4 is 4.74 Å². The molecular weight excluding hydrogens is 426 g/mol. The van der Waals surface area contributed by atoms with Gasteiger partial charge in [-0.3, -0.25) is 9.59 Å². The number of benzene rings is 1. The van der Waals surface area contributed by atoms with Gasteiger partial charge in [-0.2, -0.15) is 0 Å². The minimum atomic E-state index is -0.315. The van der Waals surface area contributed by atoms with Crippen molar-refractivity contribution in [3.8, 4) is 5.75 Å². The number of hydrogen-bond donors (Lipinski definition) is 0. The van der Waals surface area contributed by atoms with E-state index in [1.807, 2.05) is 4.90 Å². The Morgan fingerprint density at radius 3 is 2.11 bits per heavy atom. The van der Waals surface area contributed by atoms with Crippen molar-refractivity contribution in [1.29, 1.82) is 0 Å². The van der Waals surface area contributed by atoms with Crippen molar-refractivity contribution in [1.82, 2.24) is 4.90 Å². The Bertz CT molecular complexity index is 699. The van der Waals surface area contributed by atoms with Gasteiger partial charge in [-0.1, -0.05) is 57.5 Å². The Morgan fingerprint density at radius 2 is 1.70 bits per heavy atom. The molecule has 1 aliphatic heterocycles. The molecule has 0 aliphatic carbocycles. The zero-order valence-electron chi connectivity index (χ0n) is 17.3. The molecule has 0 N–H and O–H groups in total. The van der Waals surface area contributed by atoms with Gasteiger partial charge < -0.3 is 9.64 Å². The van der Waals surface area contributed by atoms with Gasteiger partial charge in [0, 0.05) is 29.9 Å². The summed E-state index contributed by atoms with van der Waals surface area (Å²) in [6, 6.07) is 4.23. The molecule has 2 rings (SSSR count). The van der Waals surface area contributed by atoms with Crippen LogP contribution in [0.4, 0.5) is 0 Å². The molecule has 1 aromatic rings. The van der Waals surface area contributed by atoms with Crippen molar-refractivity contribution in [2.24, 2.45) is 0 Å². The van der Waals surface area contributed by atoms with Crippen LogP contribution in [0.1, 0.15) is 70.5 Å².